The zero-order valence-electron chi connectivity index (χ0n) is 8.18. The minimum absolute atomic E-state index is 0.225. The molecule has 0 radical (unpaired) electrons. The third-order valence-electron chi connectivity index (χ3n) is 2.66. The van der Waals surface area contributed by atoms with Crippen molar-refractivity contribution in [1.29, 1.82) is 0 Å². The SMILES string of the molecule is CCC(Br)CNC(=O)CC1CCC1. The molecule has 0 heterocycles. The van der Waals surface area contributed by atoms with Crippen LogP contribution in [0.2, 0.25) is 0 Å². The highest BCUT2D eigenvalue weighted by Gasteiger charge is 2.20. The molecule has 1 saturated carbocycles. The van der Waals surface area contributed by atoms with Crippen molar-refractivity contribution < 1.29 is 4.79 Å². The van der Waals surface area contributed by atoms with Crippen LogP contribution in [0.15, 0.2) is 0 Å². The summed E-state index contributed by atoms with van der Waals surface area (Å²) in [5, 5.41) is 2.95. The lowest BCUT2D eigenvalue weighted by Crippen LogP contribution is -2.31. The lowest BCUT2D eigenvalue weighted by atomic mass is 9.83. The summed E-state index contributed by atoms with van der Waals surface area (Å²) in [6, 6.07) is 0. The normalized spacial score (nSPS) is 19.2. The Morgan fingerprint density at radius 2 is 2.31 bits per heavy atom. The van der Waals surface area contributed by atoms with E-state index in [-0.39, 0.29) is 5.91 Å². The van der Waals surface area contributed by atoms with Gasteiger partial charge in [-0.05, 0) is 25.2 Å². The fourth-order valence-electron chi connectivity index (χ4n) is 1.40. The van der Waals surface area contributed by atoms with Gasteiger partial charge in [-0.15, -0.1) is 0 Å². The Kier molecular flexibility index (Phi) is 4.78. The molecule has 1 unspecified atom stereocenters. The van der Waals surface area contributed by atoms with Gasteiger partial charge in [0.05, 0.1) is 0 Å². The van der Waals surface area contributed by atoms with E-state index < -0.39 is 0 Å². The second-order valence-corrected chi connectivity index (χ2v) is 5.11. The van der Waals surface area contributed by atoms with Crippen LogP contribution in [0.1, 0.15) is 39.0 Å². The smallest absolute Gasteiger partial charge is 0.220 e. The Morgan fingerprint density at radius 1 is 1.62 bits per heavy atom. The summed E-state index contributed by atoms with van der Waals surface area (Å²) in [7, 11) is 0. The number of halogens is 1. The molecule has 1 fully saturated rings. The quantitative estimate of drug-likeness (QED) is 0.744. The van der Waals surface area contributed by atoms with E-state index in [1.54, 1.807) is 0 Å². The third-order valence-corrected chi connectivity index (χ3v) is 3.63. The monoisotopic (exact) mass is 247 g/mol. The molecule has 2 nitrogen and oxygen atoms in total. The van der Waals surface area contributed by atoms with Crippen LogP contribution in [0.3, 0.4) is 0 Å². The molecule has 0 aliphatic heterocycles. The number of carbonyl (C=O) groups excluding carboxylic acids is 1. The number of nitrogens with one attached hydrogen (secondary N) is 1. The molecule has 1 aliphatic carbocycles. The van der Waals surface area contributed by atoms with Crippen LogP contribution < -0.4 is 5.32 Å². The van der Waals surface area contributed by atoms with Gasteiger partial charge in [0, 0.05) is 17.8 Å². The van der Waals surface area contributed by atoms with Gasteiger partial charge in [-0.2, -0.15) is 0 Å². The van der Waals surface area contributed by atoms with Gasteiger partial charge in [0.25, 0.3) is 0 Å². The first-order valence-corrected chi connectivity index (χ1v) is 6.04. The van der Waals surface area contributed by atoms with E-state index in [1.165, 1.54) is 19.3 Å². The highest BCUT2D eigenvalue weighted by atomic mass is 79.9. The third kappa shape index (κ3) is 4.12. The molecule has 0 saturated heterocycles. The standard InChI is InChI=1S/C10H18BrNO/c1-2-9(11)7-12-10(13)6-8-4-3-5-8/h8-9H,2-7H2,1H3,(H,12,13). The molecule has 13 heavy (non-hydrogen) atoms. The summed E-state index contributed by atoms with van der Waals surface area (Å²) < 4.78 is 0. The van der Waals surface area contributed by atoms with Crippen LogP contribution in [-0.4, -0.2) is 17.3 Å². The molecule has 0 bridgehead atoms. The van der Waals surface area contributed by atoms with Crippen molar-refractivity contribution in [2.45, 2.75) is 43.9 Å². The maximum atomic E-state index is 11.3. The van der Waals surface area contributed by atoms with Crippen molar-refractivity contribution in [2.75, 3.05) is 6.54 Å². The predicted octanol–water partition coefficient (Wildman–Crippen LogP) is 2.47. The van der Waals surface area contributed by atoms with Gasteiger partial charge in [0.1, 0.15) is 0 Å². The number of alkyl halides is 1. The predicted molar refractivity (Wildman–Crippen MR) is 58.0 cm³/mol. The van der Waals surface area contributed by atoms with Gasteiger partial charge < -0.3 is 5.32 Å². The molecule has 3 heteroatoms. The van der Waals surface area contributed by atoms with Gasteiger partial charge >= 0.3 is 0 Å². The fraction of sp³-hybridized carbons (Fsp3) is 0.900. The Labute approximate surface area is 88.6 Å². The molecule has 0 aromatic rings. The Balaban J connectivity index is 2.03. The van der Waals surface area contributed by atoms with Crippen molar-refractivity contribution >= 4 is 21.8 Å². The molecule has 1 atom stereocenters. The van der Waals surface area contributed by atoms with E-state index in [0.29, 0.717) is 10.7 Å². The Hall–Kier alpha value is -0.0500. The fourth-order valence-corrected chi connectivity index (χ4v) is 1.56. The summed E-state index contributed by atoms with van der Waals surface area (Å²) in [6.45, 7) is 2.87. The first kappa shape index (κ1) is 11.0. The van der Waals surface area contributed by atoms with Gasteiger partial charge in [-0.25, -0.2) is 0 Å². The van der Waals surface area contributed by atoms with Gasteiger partial charge in [-0.3, -0.25) is 4.79 Å². The van der Waals surface area contributed by atoms with Gasteiger partial charge in [0.2, 0.25) is 5.91 Å². The Bertz CT molecular complexity index is 168. The first-order chi connectivity index (χ1) is 6.22. The molecule has 0 aromatic heterocycles. The average Bonchev–Trinajstić information content (AvgIpc) is 2.07. The largest absolute Gasteiger partial charge is 0.355 e. The van der Waals surface area contributed by atoms with Crippen molar-refractivity contribution in [3.05, 3.63) is 0 Å². The molecule has 0 spiro atoms. The molecular formula is C10H18BrNO. The number of amides is 1. The number of hydrogen-bond donors (Lipinski definition) is 1. The second kappa shape index (κ2) is 5.63. The lowest BCUT2D eigenvalue weighted by Gasteiger charge is -2.24. The maximum Gasteiger partial charge on any atom is 0.220 e. The summed E-state index contributed by atoms with van der Waals surface area (Å²) in [5.74, 6) is 0.901. The zero-order valence-corrected chi connectivity index (χ0v) is 9.77. The topological polar surface area (TPSA) is 29.1 Å². The van der Waals surface area contributed by atoms with Crippen LogP contribution in [0, 0.1) is 5.92 Å². The van der Waals surface area contributed by atoms with Crippen LogP contribution in [0.4, 0.5) is 0 Å². The van der Waals surface area contributed by atoms with Gasteiger partial charge in [-0.1, -0.05) is 29.3 Å². The first-order valence-electron chi connectivity index (χ1n) is 5.13. The average molecular weight is 248 g/mol. The van der Waals surface area contributed by atoms with E-state index >= 15 is 0 Å². The summed E-state index contributed by atoms with van der Waals surface area (Å²) in [4.78, 5) is 11.8. The summed E-state index contributed by atoms with van der Waals surface area (Å²) in [5.41, 5.74) is 0. The molecule has 76 valence electrons. The molecule has 1 aliphatic rings. The van der Waals surface area contributed by atoms with Crippen molar-refractivity contribution in [3.63, 3.8) is 0 Å². The molecule has 1 amide bonds. The van der Waals surface area contributed by atoms with Crippen LogP contribution in [0.25, 0.3) is 0 Å². The van der Waals surface area contributed by atoms with E-state index in [4.69, 9.17) is 0 Å². The van der Waals surface area contributed by atoms with E-state index in [9.17, 15) is 4.79 Å². The molecule has 0 aromatic carbocycles. The van der Waals surface area contributed by atoms with Crippen molar-refractivity contribution in [2.24, 2.45) is 5.92 Å². The van der Waals surface area contributed by atoms with Gasteiger partial charge in [0.15, 0.2) is 0 Å². The minimum Gasteiger partial charge on any atom is -0.355 e. The summed E-state index contributed by atoms with van der Waals surface area (Å²) >= 11 is 3.49. The number of carbonyl (C=O) groups is 1. The molecular weight excluding hydrogens is 230 g/mol. The minimum atomic E-state index is 0.225. The number of hydrogen-bond acceptors (Lipinski definition) is 1. The van der Waals surface area contributed by atoms with E-state index in [0.717, 1.165) is 19.4 Å². The highest BCUT2D eigenvalue weighted by molar-refractivity contribution is 9.09. The lowest BCUT2D eigenvalue weighted by molar-refractivity contribution is -0.122. The maximum absolute atomic E-state index is 11.3. The zero-order chi connectivity index (χ0) is 9.68. The molecule has 1 rings (SSSR count). The molecule has 1 N–H and O–H groups in total. The van der Waals surface area contributed by atoms with E-state index in [2.05, 4.69) is 28.2 Å². The van der Waals surface area contributed by atoms with Crippen molar-refractivity contribution in [3.8, 4) is 0 Å². The van der Waals surface area contributed by atoms with Crippen LogP contribution in [0.5, 0.6) is 0 Å². The van der Waals surface area contributed by atoms with Crippen LogP contribution >= 0.6 is 15.9 Å². The van der Waals surface area contributed by atoms with Crippen LogP contribution in [-0.2, 0) is 4.79 Å². The van der Waals surface area contributed by atoms with E-state index in [1.807, 2.05) is 0 Å². The second-order valence-electron chi connectivity index (χ2n) is 3.81. The highest BCUT2D eigenvalue weighted by Crippen LogP contribution is 2.29. The summed E-state index contributed by atoms with van der Waals surface area (Å²) in [6.07, 6.45) is 5.61. The van der Waals surface area contributed by atoms with Crippen molar-refractivity contribution in [1.82, 2.24) is 5.32 Å². The Morgan fingerprint density at radius 3 is 2.77 bits per heavy atom. The number of rotatable bonds is 5.